The zero-order valence-electron chi connectivity index (χ0n) is 12.8. The van der Waals surface area contributed by atoms with Crippen LogP contribution in [0.1, 0.15) is 42.6 Å². The number of piperidine rings is 1. The lowest BCUT2D eigenvalue weighted by molar-refractivity contribution is -0.151. The van der Waals surface area contributed by atoms with Gasteiger partial charge in [-0.05, 0) is 51.2 Å². The third-order valence-electron chi connectivity index (χ3n) is 4.40. The summed E-state index contributed by atoms with van der Waals surface area (Å²) >= 11 is 0. The fourth-order valence-corrected chi connectivity index (χ4v) is 2.78. The second-order valence-electron chi connectivity index (χ2n) is 6.37. The molecule has 5 nitrogen and oxygen atoms in total. The molecule has 1 aromatic rings. The minimum absolute atomic E-state index is 0.0227. The molecule has 2 rings (SSSR count). The lowest BCUT2D eigenvalue weighted by Gasteiger charge is -2.39. The predicted octanol–water partition coefficient (Wildman–Crippen LogP) is 2.35. The van der Waals surface area contributed by atoms with E-state index in [1.807, 2.05) is 13.0 Å². The summed E-state index contributed by atoms with van der Waals surface area (Å²) < 4.78 is 0. The lowest BCUT2D eigenvalue weighted by atomic mass is 9.74. The highest BCUT2D eigenvalue weighted by Gasteiger charge is 2.40. The normalized spacial score (nSPS) is 19.4. The van der Waals surface area contributed by atoms with Gasteiger partial charge in [-0.1, -0.05) is 0 Å². The van der Waals surface area contributed by atoms with Gasteiger partial charge in [-0.3, -0.25) is 14.6 Å². The number of carboxylic acid groups (broad SMARTS) is 1. The van der Waals surface area contributed by atoms with Crippen LogP contribution in [0.4, 0.5) is 0 Å². The van der Waals surface area contributed by atoms with E-state index < -0.39 is 11.4 Å². The van der Waals surface area contributed by atoms with Crippen molar-refractivity contribution in [3.63, 3.8) is 0 Å². The van der Waals surface area contributed by atoms with E-state index in [0.29, 0.717) is 18.7 Å². The Kier molecular flexibility index (Phi) is 4.30. The number of rotatable bonds is 3. The molecule has 21 heavy (non-hydrogen) atoms. The first-order valence-electron chi connectivity index (χ1n) is 7.26. The van der Waals surface area contributed by atoms with Crippen LogP contribution in [0, 0.1) is 18.3 Å². The number of hydrogen-bond acceptors (Lipinski definition) is 3. The minimum atomic E-state index is -0.816. The largest absolute Gasteiger partial charge is 0.481 e. The molecule has 1 unspecified atom stereocenters. The molecule has 1 fully saturated rings. The van der Waals surface area contributed by atoms with Gasteiger partial charge in [0.1, 0.15) is 0 Å². The van der Waals surface area contributed by atoms with E-state index in [1.165, 1.54) is 0 Å². The van der Waals surface area contributed by atoms with E-state index in [9.17, 15) is 14.7 Å². The maximum Gasteiger partial charge on any atom is 0.309 e. The average molecular weight is 290 g/mol. The summed E-state index contributed by atoms with van der Waals surface area (Å²) in [7, 11) is 0. The van der Waals surface area contributed by atoms with Crippen molar-refractivity contribution < 1.29 is 14.7 Å². The van der Waals surface area contributed by atoms with Crippen molar-refractivity contribution in [1.29, 1.82) is 0 Å². The smallest absolute Gasteiger partial charge is 0.309 e. The Bertz CT molecular complexity index is 554. The summed E-state index contributed by atoms with van der Waals surface area (Å²) in [5.41, 5.74) is 0.702. The van der Waals surface area contributed by atoms with Gasteiger partial charge in [0.2, 0.25) is 0 Å². The summed E-state index contributed by atoms with van der Waals surface area (Å²) in [5.74, 6) is -0.887. The van der Waals surface area contributed by atoms with E-state index in [1.54, 1.807) is 31.1 Å². The van der Waals surface area contributed by atoms with Crippen LogP contribution in [0.2, 0.25) is 0 Å². The van der Waals surface area contributed by atoms with Crippen LogP contribution >= 0.6 is 0 Å². The van der Waals surface area contributed by atoms with Crippen molar-refractivity contribution >= 4 is 11.9 Å². The Balaban J connectivity index is 2.14. The van der Waals surface area contributed by atoms with Gasteiger partial charge in [0.15, 0.2) is 0 Å². The third kappa shape index (κ3) is 3.23. The van der Waals surface area contributed by atoms with Crippen molar-refractivity contribution in [2.24, 2.45) is 11.3 Å². The molecule has 1 aliphatic rings. The molecule has 0 aromatic carbocycles. The van der Waals surface area contributed by atoms with Crippen molar-refractivity contribution in [3.8, 4) is 0 Å². The molecule has 0 spiro atoms. The number of carbonyl (C=O) groups excluding carboxylic acids is 1. The number of carboxylic acids is 1. The maximum atomic E-state index is 12.5. The van der Waals surface area contributed by atoms with E-state index in [0.717, 1.165) is 18.4 Å². The maximum absolute atomic E-state index is 12.5. The number of aromatic nitrogens is 1. The summed E-state index contributed by atoms with van der Waals surface area (Å²) in [6, 6.07) is 1.82. The summed E-state index contributed by atoms with van der Waals surface area (Å²) in [5, 5.41) is 9.36. The van der Waals surface area contributed by atoms with Crippen LogP contribution < -0.4 is 0 Å². The van der Waals surface area contributed by atoms with Crippen molar-refractivity contribution in [1.82, 2.24) is 9.88 Å². The average Bonchev–Trinajstić information content (AvgIpc) is 2.46. The van der Waals surface area contributed by atoms with Gasteiger partial charge in [0.25, 0.3) is 5.91 Å². The standard InChI is InChI=1S/C16H22N2O3/c1-11-7-12(9-17-8-11)14(19)18-6-4-5-13(10-18)16(2,3)15(20)21/h7-9,13H,4-6,10H2,1-3H3,(H,20,21). The highest BCUT2D eigenvalue weighted by molar-refractivity contribution is 5.94. The van der Waals surface area contributed by atoms with Gasteiger partial charge >= 0.3 is 5.97 Å². The monoisotopic (exact) mass is 290 g/mol. The van der Waals surface area contributed by atoms with Gasteiger partial charge in [-0.15, -0.1) is 0 Å². The van der Waals surface area contributed by atoms with Gasteiger partial charge in [-0.2, -0.15) is 0 Å². The van der Waals surface area contributed by atoms with Crippen LogP contribution in [0.25, 0.3) is 0 Å². The number of aliphatic carboxylic acids is 1. The van der Waals surface area contributed by atoms with Crippen LogP contribution in [0.15, 0.2) is 18.5 Å². The highest BCUT2D eigenvalue weighted by Crippen LogP contribution is 2.34. The van der Waals surface area contributed by atoms with Crippen LogP contribution in [0.5, 0.6) is 0 Å². The highest BCUT2D eigenvalue weighted by atomic mass is 16.4. The fraction of sp³-hybridized carbons (Fsp3) is 0.562. The number of carbonyl (C=O) groups is 2. The van der Waals surface area contributed by atoms with E-state index >= 15 is 0 Å². The molecular formula is C16H22N2O3. The zero-order chi connectivity index (χ0) is 15.6. The van der Waals surface area contributed by atoms with Gasteiger partial charge < -0.3 is 10.0 Å². The SMILES string of the molecule is Cc1cncc(C(=O)N2CCCC(C(C)(C)C(=O)O)C2)c1. The quantitative estimate of drug-likeness (QED) is 0.927. The Morgan fingerprint density at radius 2 is 2.10 bits per heavy atom. The van der Waals surface area contributed by atoms with E-state index in [-0.39, 0.29) is 11.8 Å². The summed E-state index contributed by atoms with van der Waals surface area (Å²) in [6.07, 6.45) is 4.96. The van der Waals surface area contributed by atoms with Gasteiger partial charge in [-0.25, -0.2) is 0 Å². The first-order chi connectivity index (χ1) is 9.82. The first-order valence-corrected chi connectivity index (χ1v) is 7.26. The Labute approximate surface area is 125 Å². The van der Waals surface area contributed by atoms with Crippen LogP contribution in [-0.4, -0.2) is 40.0 Å². The zero-order valence-corrected chi connectivity index (χ0v) is 12.8. The number of aryl methyl sites for hydroxylation is 1. The number of amides is 1. The minimum Gasteiger partial charge on any atom is -0.481 e. The predicted molar refractivity (Wildman–Crippen MR) is 79.0 cm³/mol. The molecule has 2 heterocycles. The van der Waals surface area contributed by atoms with Crippen LogP contribution in [-0.2, 0) is 4.79 Å². The van der Waals surface area contributed by atoms with Crippen molar-refractivity contribution in [2.45, 2.75) is 33.6 Å². The number of nitrogens with zero attached hydrogens (tertiary/aromatic N) is 2. The molecule has 1 amide bonds. The van der Waals surface area contributed by atoms with E-state index in [4.69, 9.17) is 0 Å². The third-order valence-corrected chi connectivity index (χ3v) is 4.40. The molecule has 5 heteroatoms. The lowest BCUT2D eigenvalue weighted by Crippen LogP contribution is -2.46. The fourth-order valence-electron chi connectivity index (χ4n) is 2.78. The Hall–Kier alpha value is -1.91. The molecule has 0 bridgehead atoms. The Morgan fingerprint density at radius 1 is 1.38 bits per heavy atom. The molecule has 114 valence electrons. The first kappa shape index (κ1) is 15.5. The molecule has 1 atom stereocenters. The van der Waals surface area contributed by atoms with E-state index in [2.05, 4.69) is 4.98 Å². The molecule has 1 N–H and O–H groups in total. The summed E-state index contributed by atoms with van der Waals surface area (Å²) in [6.45, 7) is 6.55. The Morgan fingerprint density at radius 3 is 2.71 bits per heavy atom. The van der Waals surface area contributed by atoms with Crippen molar-refractivity contribution in [2.75, 3.05) is 13.1 Å². The van der Waals surface area contributed by atoms with Crippen molar-refractivity contribution in [3.05, 3.63) is 29.6 Å². The van der Waals surface area contributed by atoms with Gasteiger partial charge in [0, 0.05) is 25.5 Å². The molecule has 0 aliphatic carbocycles. The molecule has 1 aromatic heterocycles. The molecule has 0 radical (unpaired) electrons. The van der Waals surface area contributed by atoms with Gasteiger partial charge in [0.05, 0.1) is 11.0 Å². The molecular weight excluding hydrogens is 268 g/mol. The second kappa shape index (κ2) is 5.84. The topological polar surface area (TPSA) is 70.5 Å². The molecule has 0 saturated carbocycles. The van der Waals surface area contributed by atoms with Crippen LogP contribution in [0.3, 0.4) is 0 Å². The molecule has 1 aliphatic heterocycles. The number of likely N-dealkylation sites (tertiary alicyclic amines) is 1. The molecule has 1 saturated heterocycles. The number of hydrogen-bond donors (Lipinski definition) is 1. The second-order valence-corrected chi connectivity index (χ2v) is 6.37. The summed E-state index contributed by atoms with van der Waals surface area (Å²) in [4.78, 5) is 29.7. The number of pyridine rings is 1.